The van der Waals surface area contributed by atoms with Crippen LogP contribution in [0.15, 0.2) is 27.8 Å². The molecule has 1 aromatic rings. The number of carbonyl (C=O) groups excluding carboxylic acids is 1. The van der Waals surface area contributed by atoms with Crippen molar-refractivity contribution in [2.45, 2.75) is 32.2 Å². The van der Waals surface area contributed by atoms with Crippen molar-refractivity contribution in [3.63, 3.8) is 0 Å². The Kier molecular flexibility index (Phi) is 6.55. The summed E-state index contributed by atoms with van der Waals surface area (Å²) in [6, 6.07) is 3.87. The van der Waals surface area contributed by atoms with Crippen molar-refractivity contribution in [2.24, 2.45) is 4.99 Å². The van der Waals surface area contributed by atoms with Crippen molar-refractivity contribution >= 4 is 11.9 Å². The molecule has 7 heteroatoms. The van der Waals surface area contributed by atoms with Crippen LogP contribution in [0.3, 0.4) is 0 Å². The average Bonchev–Trinajstić information content (AvgIpc) is 3.38. The third kappa shape index (κ3) is 4.58. The van der Waals surface area contributed by atoms with E-state index in [1.807, 2.05) is 31.0 Å². The lowest BCUT2D eigenvalue weighted by atomic mass is 10.2. The number of amides is 1. The number of guanidine groups is 1. The van der Waals surface area contributed by atoms with Crippen molar-refractivity contribution < 1.29 is 9.21 Å². The molecular formula is C19H31N5O2. The smallest absolute Gasteiger partial charge is 0.239 e. The Morgan fingerprint density at radius 3 is 2.54 bits per heavy atom. The summed E-state index contributed by atoms with van der Waals surface area (Å²) in [6.07, 6.45) is 4.83. The van der Waals surface area contributed by atoms with Gasteiger partial charge in [0, 0.05) is 59.3 Å². The minimum absolute atomic E-state index is 0.0239. The Balaban J connectivity index is 1.43. The highest BCUT2D eigenvalue weighted by Crippen LogP contribution is 2.14. The second-order valence-electron chi connectivity index (χ2n) is 7.03. The Labute approximate surface area is 156 Å². The summed E-state index contributed by atoms with van der Waals surface area (Å²) in [5, 5.41) is 3.41. The van der Waals surface area contributed by atoms with Crippen molar-refractivity contribution in [2.75, 3.05) is 52.9 Å². The predicted octanol–water partition coefficient (Wildman–Crippen LogP) is 1.03. The summed E-state index contributed by atoms with van der Waals surface area (Å²) in [4.78, 5) is 23.6. The Bertz CT molecular complexity index is 587. The lowest BCUT2D eigenvalue weighted by Gasteiger charge is -2.39. The maximum absolute atomic E-state index is 12.6. The monoisotopic (exact) mass is 361 g/mol. The maximum Gasteiger partial charge on any atom is 0.239 e. The van der Waals surface area contributed by atoms with Crippen molar-refractivity contribution in [1.29, 1.82) is 0 Å². The fraction of sp³-hybridized carbons (Fsp3) is 0.684. The van der Waals surface area contributed by atoms with Crippen molar-refractivity contribution in [1.82, 2.24) is 20.0 Å². The molecule has 1 atom stereocenters. The highest BCUT2D eigenvalue weighted by atomic mass is 16.3. The molecule has 0 spiro atoms. The Hall–Kier alpha value is -2.02. The maximum atomic E-state index is 12.6. The molecule has 1 N–H and O–H groups in total. The summed E-state index contributed by atoms with van der Waals surface area (Å²) >= 11 is 0. The lowest BCUT2D eigenvalue weighted by Crippen LogP contribution is -2.57. The molecule has 144 valence electrons. The van der Waals surface area contributed by atoms with Crippen LogP contribution in [-0.4, -0.2) is 85.5 Å². The molecule has 1 unspecified atom stereocenters. The summed E-state index contributed by atoms with van der Waals surface area (Å²) in [5.74, 6) is 2.19. The molecule has 2 aliphatic rings. The van der Waals surface area contributed by atoms with E-state index in [2.05, 4.69) is 20.1 Å². The quantitative estimate of drug-likeness (QED) is 0.627. The SMILES string of the molecule is CN=C(NCCc1ccco1)N1CCN(C(C)C(=O)N2CCCC2)CC1. The van der Waals surface area contributed by atoms with Gasteiger partial charge in [-0.05, 0) is 31.9 Å². The van der Waals surface area contributed by atoms with Crippen LogP contribution in [-0.2, 0) is 11.2 Å². The van der Waals surface area contributed by atoms with E-state index in [4.69, 9.17) is 4.42 Å². The van der Waals surface area contributed by atoms with Gasteiger partial charge in [-0.3, -0.25) is 14.7 Å². The molecule has 3 heterocycles. The summed E-state index contributed by atoms with van der Waals surface area (Å²) in [6.45, 7) is 8.25. The zero-order chi connectivity index (χ0) is 18.4. The topological polar surface area (TPSA) is 64.3 Å². The number of rotatable bonds is 5. The van der Waals surface area contributed by atoms with Gasteiger partial charge in [-0.1, -0.05) is 0 Å². The van der Waals surface area contributed by atoms with Gasteiger partial charge in [-0.25, -0.2) is 0 Å². The van der Waals surface area contributed by atoms with Crippen LogP contribution >= 0.6 is 0 Å². The number of carbonyl (C=O) groups is 1. The molecule has 1 amide bonds. The standard InChI is InChI=1S/C19H31N5O2/c1-16(18(25)23-9-3-4-10-23)22-11-13-24(14-12-22)19(20-2)21-8-7-17-6-5-15-26-17/h5-6,15-16H,3-4,7-14H2,1-2H3,(H,20,21). The minimum atomic E-state index is -0.0239. The predicted molar refractivity (Wildman–Crippen MR) is 102 cm³/mol. The first-order valence-corrected chi connectivity index (χ1v) is 9.70. The number of piperazine rings is 1. The molecule has 1 aromatic heterocycles. The van der Waals surface area contributed by atoms with Gasteiger partial charge < -0.3 is 19.5 Å². The van der Waals surface area contributed by atoms with E-state index in [1.54, 1.807) is 6.26 Å². The summed E-state index contributed by atoms with van der Waals surface area (Å²) in [5.41, 5.74) is 0. The number of hydrogen-bond donors (Lipinski definition) is 1. The molecule has 0 aliphatic carbocycles. The van der Waals surface area contributed by atoms with Crippen LogP contribution in [0.1, 0.15) is 25.5 Å². The molecule has 2 aliphatic heterocycles. The van der Waals surface area contributed by atoms with Crippen LogP contribution in [0.2, 0.25) is 0 Å². The van der Waals surface area contributed by atoms with E-state index in [1.165, 1.54) is 0 Å². The number of furan rings is 1. The van der Waals surface area contributed by atoms with E-state index in [0.29, 0.717) is 0 Å². The molecule has 2 saturated heterocycles. The Morgan fingerprint density at radius 2 is 1.92 bits per heavy atom. The average molecular weight is 361 g/mol. The number of nitrogens with zero attached hydrogens (tertiary/aromatic N) is 4. The first-order chi connectivity index (χ1) is 12.7. The zero-order valence-corrected chi connectivity index (χ0v) is 16.0. The van der Waals surface area contributed by atoms with E-state index in [-0.39, 0.29) is 11.9 Å². The first kappa shape index (κ1) is 18.8. The highest BCUT2D eigenvalue weighted by molar-refractivity contribution is 5.82. The number of likely N-dealkylation sites (tertiary alicyclic amines) is 1. The van der Waals surface area contributed by atoms with Crippen LogP contribution in [0.25, 0.3) is 0 Å². The molecule has 0 bridgehead atoms. The molecule has 3 rings (SSSR count). The molecule has 26 heavy (non-hydrogen) atoms. The second kappa shape index (κ2) is 9.07. The van der Waals surface area contributed by atoms with Gasteiger partial charge in [-0.15, -0.1) is 0 Å². The van der Waals surface area contributed by atoms with Gasteiger partial charge in [0.1, 0.15) is 5.76 Å². The third-order valence-corrected chi connectivity index (χ3v) is 5.38. The van der Waals surface area contributed by atoms with Crippen LogP contribution < -0.4 is 5.32 Å². The number of aliphatic imine (C=N–C) groups is 1. The van der Waals surface area contributed by atoms with Crippen molar-refractivity contribution in [3.05, 3.63) is 24.2 Å². The van der Waals surface area contributed by atoms with Gasteiger partial charge in [0.15, 0.2) is 5.96 Å². The van der Waals surface area contributed by atoms with E-state index < -0.39 is 0 Å². The van der Waals surface area contributed by atoms with Crippen LogP contribution in [0.4, 0.5) is 0 Å². The summed E-state index contributed by atoms with van der Waals surface area (Å²) < 4.78 is 5.36. The van der Waals surface area contributed by atoms with Crippen LogP contribution in [0.5, 0.6) is 0 Å². The fourth-order valence-corrected chi connectivity index (χ4v) is 3.76. The van der Waals surface area contributed by atoms with E-state index >= 15 is 0 Å². The third-order valence-electron chi connectivity index (χ3n) is 5.38. The molecule has 2 fully saturated rings. The van der Waals surface area contributed by atoms with E-state index in [9.17, 15) is 4.79 Å². The molecule has 0 radical (unpaired) electrons. The van der Waals surface area contributed by atoms with Crippen LogP contribution in [0, 0.1) is 0 Å². The first-order valence-electron chi connectivity index (χ1n) is 9.70. The van der Waals surface area contributed by atoms with E-state index in [0.717, 1.165) is 76.8 Å². The van der Waals surface area contributed by atoms with Gasteiger partial charge in [0.2, 0.25) is 5.91 Å². The lowest BCUT2D eigenvalue weighted by molar-refractivity contribution is -0.135. The normalized spacial score (nSPS) is 20.5. The minimum Gasteiger partial charge on any atom is -0.469 e. The van der Waals surface area contributed by atoms with Gasteiger partial charge in [-0.2, -0.15) is 0 Å². The second-order valence-corrected chi connectivity index (χ2v) is 7.03. The number of nitrogens with one attached hydrogen (secondary N) is 1. The number of hydrogen-bond acceptors (Lipinski definition) is 4. The highest BCUT2D eigenvalue weighted by Gasteiger charge is 2.30. The Morgan fingerprint density at radius 1 is 1.19 bits per heavy atom. The zero-order valence-electron chi connectivity index (χ0n) is 16.0. The molecular weight excluding hydrogens is 330 g/mol. The van der Waals surface area contributed by atoms with Crippen molar-refractivity contribution in [3.8, 4) is 0 Å². The summed E-state index contributed by atoms with van der Waals surface area (Å²) in [7, 11) is 1.82. The van der Waals surface area contributed by atoms with Gasteiger partial charge >= 0.3 is 0 Å². The molecule has 0 saturated carbocycles. The van der Waals surface area contributed by atoms with Gasteiger partial charge in [0.05, 0.1) is 12.3 Å². The fourth-order valence-electron chi connectivity index (χ4n) is 3.76. The van der Waals surface area contributed by atoms with Gasteiger partial charge in [0.25, 0.3) is 0 Å². The molecule has 7 nitrogen and oxygen atoms in total. The molecule has 0 aromatic carbocycles. The largest absolute Gasteiger partial charge is 0.469 e.